The summed E-state index contributed by atoms with van der Waals surface area (Å²) in [5, 5.41) is 29.1. The van der Waals surface area contributed by atoms with Crippen LogP contribution in [0.3, 0.4) is 0 Å². The fraction of sp³-hybridized carbons (Fsp3) is 0.0556. The Morgan fingerprint density at radius 1 is 1.21 bits per heavy atom. The van der Waals surface area contributed by atoms with Gasteiger partial charge in [-0.3, -0.25) is 5.32 Å². The molecule has 4 rings (SSSR count). The third-order valence-electron chi connectivity index (χ3n) is 4.24. The Balaban J connectivity index is 0.000000751. The standard InChI is InChI=1S/C18H14F2N8O2.HNO3/c19-9-5-10-12(16-25-14(21)13(15(22)26-16)24-18(29)30)27-28(17(10)23-6-9)7-8-3-1-2-4-11(8)20;2-1(3)4/h1-6,24H,7H2,(H,29,30)(H4,21,22,25,26);(H,2,3,4). The van der Waals surface area contributed by atoms with E-state index in [0.717, 1.165) is 6.20 Å². The number of carboxylic acid groups (broad SMARTS) is 1. The zero-order valence-corrected chi connectivity index (χ0v) is 16.9. The van der Waals surface area contributed by atoms with Crippen LogP contribution >= 0.6 is 0 Å². The number of hydrogen-bond donors (Lipinski definition) is 5. The van der Waals surface area contributed by atoms with E-state index in [4.69, 9.17) is 31.9 Å². The lowest BCUT2D eigenvalue weighted by molar-refractivity contribution is -0.742. The number of pyridine rings is 1. The molecule has 7 N–H and O–H groups in total. The largest absolute Gasteiger partial charge is 0.465 e. The molecule has 176 valence electrons. The lowest BCUT2D eigenvalue weighted by atomic mass is 10.2. The minimum Gasteiger partial charge on any atom is -0.465 e. The Bertz CT molecular complexity index is 1370. The molecule has 0 unspecified atom stereocenters. The average molecular weight is 475 g/mol. The molecule has 34 heavy (non-hydrogen) atoms. The Morgan fingerprint density at radius 3 is 2.41 bits per heavy atom. The number of rotatable bonds is 4. The first-order valence-corrected chi connectivity index (χ1v) is 9.08. The van der Waals surface area contributed by atoms with Gasteiger partial charge in [-0.05, 0) is 12.1 Å². The molecule has 0 aliphatic carbocycles. The molecule has 0 saturated carbocycles. The summed E-state index contributed by atoms with van der Waals surface area (Å²) >= 11 is 0. The number of fused-ring (bicyclic) bond motifs is 1. The predicted molar refractivity (Wildman–Crippen MR) is 113 cm³/mol. The number of nitrogens with two attached hydrogens (primary N) is 2. The number of hydrogen-bond acceptors (Lipinski definition) is 9. The Hall–Kier alpha value is -5.15. The van der Waals surface area contributed by atoms with E-state index in [0.29, 0.717) is 5.56 Å². The zero-order chi connectivity index (χ0) is 25.0. The number of aromatic nitrogens is 5. The van der Waals surface area contributed by atoms with Crippen molar-refractivity contribution in [1.29, 1.82) is 0 Å². The van der Waals surface area contributed by atoms with Gasteiger partial charge in [0.15, 0.2) is 23.1 Å². The van der Waals surface area contributed by atoms with Crippen LogP contribution in [0, 0.1) is 21.7 Å². The zero-order valence-electron chi connectivity index (χ0n) is 16.9. The molecular formula is C18H15F2N9O5. The Kier molecular flexibility index (Phi) is 6.60. The predicted octanol–water partition coefficient (Wildman–Crippen LogP) is 2.12. The molecule has 0 aliphatic heterocycles. The first-order chi connectivity index (χ1) is 16.1. The highest BCUT2D eigenvalue weighted by atomic mass is 19.1. The van der Waals surface area contributed by atoms with Crippen molar-refractivity contribution in [2.45, 2.75) is 6.54 Å². The maximum Gasteiger partial charge on any atom is 0.409 e. The number of nitrogens with one attached hydrogen (secondary N) is 1. The third-order valence-corrected chi connectivity index (χ3v) is 4.24. The van der Waals surface area contributed by atoms with Gasteiger partial charge < -0.3 is 21.8 Å². The lowest BCUT2D eigenvalue weighted by Crippen LogP contribution is -2.14. The van der Waals surface area contributed by atoms with Crippen LogP contribution in [0.15, 0.2) is 36.5 Å². The minimum atomic E-state index is -1.50. The van der Waals surface area contributed by atoms with Crippen molar-refractivity contribution in [3.05, 3.63) is 63.8 Å². The van der Waals surface area contributed by atoms with Crippen molar-refractivity contribution >= 4 is 34.4 Å². The maximum absolute atomic E-state index is 14.1. The van der Waals surface area contributed by atoms with Crippen LogP contribution in [0.5, 0.6) is 0 Å². The van der Waals surface area contributed by atoms with Gasteiger partial charge in [0.05, 0.1) is 18.1 Å². The van der Waals surface area contributed by atoms with Gasteiger partial charge in [0.25, 0.3) is 5.09 Å². The van der Waals surface area contributed by atoms with Crippen LogP contribution in [0.2, 0.25) is 0 Å². The summed E-state index contributed by atoms with van der Waals surface area (Å²) in [5.41, 5.74) is 12.1. The monoisotopic (exact) mass is 475 g/mol. The van der Waals surface area contributed by atoms with Crippen molar-refractivity contribution in [2.75, 3.05) is 16.8 Å². The van der Waals surface area contributed by atoms with Gasteiger partial charge in [-0.1, -0.05) is 18.2 Å². The van der Waals surface area contributed by atoms with E-state index in [1.807, 2.05) is 5.32 Å². The summed E-state index contributed by atoms with van der Waals surface area (Å²) < 4.78 is 29.3. The first-order valence-electron chi connectivity index (χ1n) is 9.08. The second-order valence-corrected chi connectivity index (χ2v) is 6.48. The fourth-order valence-electron chi connectivity index (χ4n) is 2.93. The number of carbonyl (C=O) groups is 1. The van der Waals surface area contributed by atoms with E-state index in [2.05, 4.69) is 20.1 Å². The molecule has 3 aromatic heterocycles. The summed E-state index contributed by atoms with van der Waals surface area (Å²) in [6.07, 6.45) is -0.384. The number of nitrogen functional groups attached to an aromatic ring is 2. The van der Waals surface area contributed by atoms with Crippen LogP contribution < -0.4 is 16.8 Å². The molecular weight excluding hydrogens is 460 g/mol. The van der Waals surface area contributed by atoms with Crippen molar-refractivity contribution < 1.29 is 29.0 Å². The first kappa shape index (κ1) is 23.5. The highest BCUT2D eigenvalue weighted by Gasteiger charge is 2.20. The van der Waals surface area contributed by atoms with Gasteiger partial charge in [-0.2, -0.15) is 5.10 Å². The molecule has 0 fully saturated rings. The molecule has 14 nitrogen and oxygen atoms in total. The number of benzene rings is 1. The van der Waals surface area contributed by atoms with Crippen molar-refractivity contribution in [3.63, 3.8) is 0 Å². The van der Waals surface area contributed by atoms with Gasteiger partial charge in [-0.25, -0.2) is 33.2 Å². The Morgan fingerprint density at radius 2 is 1.82 bits per heavy atom. The third kappa shape index (κ3) is 5.18. The molecule has 0 atom stereocenters. The highest BCUT2D eigenvalue weighted by Crippen LogP contribution is 2.30. The molecule has 3 heterocycles. The number of nitrogens with zero attached hydrogens (tertiary/aromatic N) is 6. The second kappa shape index (κ2) is 9.55. The van der Waals surface area contributed by atoms with E-state index in [1.165, 1.54) is 16.8 Å². The highest BCUT2D eigenvalue weighted by molar-refractivity contribution is 5.94. The van der Waals surface area contributed by atoms with Gasteiger partial charge in [0, 0.05) is 5.56 Å². The lowest BCUT2D eigenvalue weighted by Gasteiger charge is -2.08. The maximum atomic E-state index is 14.1. The summed E-state index contributed by atoms with van der Waals surface area (Å²) in [7, 11) is 0. The van der Waals surface area contributed by atoms with E-state index >= 15 is 0 Å². The molecule has 0 bridgehead atoms. The van der Waals surface area contributed by atoms with Crippen molar-refractivity contribution in [2.24, 2.45) is 0 Å². The van der Waals surface area contributed by atoms with Gasteiger partial charge >= 0.3 is 6.09 Å². The van der Waals surface area contributed by atoms with Crippen LogP contribution in [-0.4, -0.2) is 46.2 Å². The van der Waals surface area contributed by atoms with Crippen LogP contribution in [-0.2, 0) is 6.54 Å². The summed E-state index contributed by atoms with van der Waals surface area (Å²) in [5.74, 6) is -1.59. The Labute approximate surface area is 187 Å². The van der Waals surface area contributed by atoms with Crippen molar-refractivity contribution in [1.82, 2.24) is 24.7 Å². The van der Waals surface area contributed by atoms with Crippen LogP contribution in [0.25, 0.3) is 22.6 Å². The molecule has 16 heteroatoms. The van der Waals surface area contributed by atoms with Gasteiger partial charge in [0.2, 0.25) is 0 Å². The molecule has 0 radical (unpaired) electrons. The quantitative estimate of drug-likeness (QED) is 0.212. The summed E-state index contributed by atoms with van der Waals surface area (Å²) in [6.45, 7) is 0.0193. The van der Waals surface area contributed by atoms with Crippen LogP contribution in [0.1, 0.15) is 5.56 Å². The van der Waals surface area contributed by atoms with E-state index in [1.54, 1.807) is 18.2 Å². The van der Waals surface area contributed by atoms with Crippen LogP contribution in [0.4, 0.5) is 30.9 Å². The second-order valence-electron chi connectivity index (χ2n) is 6.48. The molecule has 1 amide bonds. The van der Waals surface area contributed by atoms with E-state index in [-0.39, 0.29) is 46.4 Å². The molecule has 4 aromatic rings. The topological polar surface area (TPSA) is 221 Å². The number of halogens is 2. The number of amides is 1. The SMILES string of the molecule is Nc1nc(-c2nn(Cc3ccccc3F)c3ncc(F)cc23)nc(N)c1NC(=O)O.O=[N+]([O-])O. The smallest absolute Gasteiger partial charge is 0.409 e. The summed E-state index contributed by atoms with van der Waals surface area (Å²) in [4.78, 5) is 31.4. The molecule has 0 spiro atoms. The van der Waals surface area contributed by atoms with Gasteiger partial charge in [-0.15, -0.1) is 10.1 Å². The molecule has 0 aliphatic rings. The van der Waals surface area contributed by atoms with E-state index < -0.39 is 22.8 Å². The minimum absolute atomic E-state index is 0.0193. The molecule has 1 aromatic carbocycles. The molecule has 0 saturated heterocycles. The average Bonchev–Trinajstić information content (AvgIpc) is 3.09. The summed E-state index contributed by atoms with van der Waals surface area (Å²) in [6, 6.07) is 7.32. The fourth-order valence-corrected chi connectivity index (χ4v) is 2.93. The van der Waals surface area contributed by atoms with Gasteiger partial charge in [0.1, 0.15) is 23.0 Å². The number of anilines is 3. The normalized spacial score (nSPS) is 10.4. The van der Waals surface area contributed by atoms with E-state index in [9.17, 15) is 13.6 Å². The van der Waals surface area contributed by atoms with Crippen molar-refractivity contribution in [3.8, 4) is 11.5 Å².